The van der Waals surface area contributed by atoms with Gasteiger partial charge in [-0.1, -0.05) is 33.6 Å². The molecule has 0 bridgehead atoms. The Labute approximate surface area is 114 Å². The van der Waals surface area contributed by atoms with Gasteiger partial charge in [0.15, 0.2) is 0 Å². The van der Waals surface area contributed by atoms with E-state index in [-0.39, 0.29) is 0 Å². The topological polar surface area (TPSA) is 29.3 Å². The van der Waals surface area contributed by atoms with Gasteiger partial charge in [-0.15, -0.1) is 0 Å². The molecular formula is C16H34N2. The van der Waals surface area contributed by atoms with Gasteiger partial charge in [0.25, 0.3) is 0 Å². The third kappa shape index (κ3) is 4.55. The summed E-state index contributed by atoms with van der Waals surface area (Å²) in [6.45, 7) is 11.6. The van der Waals surface area contributed by atoms with Crippen LogP contribution in [-0.4, -0.2) is 31.1 Å². The lowest BCUT2D eigenvalue weighted by Gasteiger charge is -2.36. The largest absolute Gasteiger partial charge is 0.330 e. The summed E-state index contributed by atoms with van der Waals surface area (Å²) in [5, 5.41) is 0. The van der Waals surface area contributed by atoms with Gasteiger partial charge in [-0.3, -0.25) is 0 Å². The molecule has 1 unspecified atom stereocenters. The average Bonchev–Trinajstić information content (AvgIpc) is 2.62. The summed E-state index contributed by atoms with van der Waals surface area (Å²) < 4.78 is 0. The summed E-state index contributed by atoms with van der Waals surface area (Å²) in [6, 6.07) is 0. The van der Waals surface area contributed by atoms with E-state index in [1.807, 2.05) is 0 Å². The molecule has 1 aliphatic heterocycles. The van der Waals surface area contributed by atoms with Crippen molar-refractivity contribution in [3.63, 3.8) is 0 Å². The molecule has 0 spiro atoms. The summed E-state index contributed by atoms with van der Waals surface area (Å²) in [7, 11) is 0. The van der Waals surface area contributed by atoms with Crippen molar-refractivity contribution in [1.29, 1.82) is 0 Å². The third-order valence-corrected chi connectivity index (χ3v) is 5.13. The minimum atomic E-state index is 0.366. The minimum Gasteiger partial charge on any atom is -0.330 e. The zero-order valence-electron chi connectivity index (χ0n) is 12.9. The van der Waals surface area contributed by atoms with Crippen molar-refractivity contribution in [2.24, 2.45) is 17.1 Å². The van der Waals surface area contributed by atoms with Crippen LogP contribution in [0.2, 0.25) is 0 Å². The molecule has 18 heavy (non-hydrogen) atoms. The first-order valence-corrected chi connectivity index (χ1v) is 8.12. The SMILES string of the molecule is CCCC1CCCN(CC(CC)(CC)CN)CC1. The quantitative estimate of drug-likeness (QED) is 0.751. The van der Waals surface area contributed by atoms with Gasteiger partial charge in [-0.2, -0.15) is 0 Å². The summed E-state index contributed by atoms with van der Waals surface area (Å²) in [6.07, 6.45) is 9.45. The molecule has 1 atom stereocenters. The maximum Gasteiger partial charge on any atom is 0.00499 e. The van der Waals surface area contributed by atoms with Gasteiger partial charge in [0, 0.05) is 6.54 Å². The van der Waals surface area contributed by atoms with Crippen LogP contribution in [0.1, 0.15) is 65.7 Å². The first-order chi connectivity index (χ1) is 8.69. The fourth-order valence-corrected chi connectivity index (χ4v) is 3.38. The highest BCUT2D eigenvalue weighted by atomic mass is 15.1. The lowest BCUT2D eigenvalue weighted by Crippen LogP contribution is -2.42. The standard InChI is InChI=1S/C16H34N2/c1-4-8-15-9-7-11-18(12-10-15)14-16(5-2,6-3)13-17/h15H,4-14,17H2,1-3H3. The molecule has 0 saturated carbocycles. The molecule has 0 aromatic carbocycles. The number of nitrogens with two attached hydrogens (primary N) is 1. The van der Waals surface area contributed by atoms with Crippen molar-refractivity contribution in [1.82, 2.24) is 4.90 Å². The lowest BCUT2D eigenvalue weighted by atomic mass is 9.82. The summed E-state index contributed by atoms with van der Waals surface area (Å²) in [5.41, 5.74) is 6.40. The van der Waals surface area contributed by atoms with E-state index in [0.717, 1.165) is 12.5 Å². The summed E-state index contributed by atoms with van der Waals surface area (Å²) in [4.78, 5) is 2.69. The van der Waals surface area contributed by atoms with Crippen molar-refractivity contribution in [3.05, 3.63) is 0 Å². The molecule has 1 saturated heterocycles. The molecule has 0 aromatic heterocycles. The lowest BCUT2D eigenvalue weighted by molar-refractivity contribution is 0.146. The number of rotatable bonds is 7. The smallest absolute Gasteiger partial charge is 0.00499 e. The van der Waals surface area contributed by atoms with Gasteiger partial charge in [0.1, 0.15) is 0 Å². The van der Waals surface area contributed by atoms with Crippen LogP contribution in [0.4, 0.5) is 0 Å². The Hall–Kier alpha value is -0.0800. The Morgan fingerprint density at radius 1 is 1.11 bits per heavy atom. The molecule has 1 rings (SSSR count). The molecule has 2 nitrogen and oxygen atoms in total. The van der Waals surface area contributed by atoms with Gasteiger partial charge in [-0.05, 0) is 63.1 Å². The van der Waals surface area contributed by atoms with E-state index in [0.29, 0.717) is 5.41 Å². The van der Waals surface area contributed by atoms with Crippen LogP contribution in [0.15, 0.2) is 0 Å². The second-order valence-electron chi connectivity index (χ2n) is 6.27. The van der Waals surface area contributed by atoms with Crippen LogP contribution in [-0.2, 0) is 0 Å². The Bertz CT molecular complexity index is 203. The molecule has 1 aliphatic rings. The van der Waals surface area contributed by atoms with Crippen molar-refractivity contribution in [2.75, 3.05) is 26.2 Å². The number of likely N-dealkylation sites (tertiary alicyclic amines) is 1. The number of hydrogen-bond donors (Lipinski definition) is 1. The monoisotopic (exact) mass is 254 g/mol. The van der Waals surface area contributed by atoms with E-state index in [4.69, 9.17) is 5.73 Å². The third-order valence-electron chi connectivity index (χ3n) is 5.13. The van der Waals surface area contributed by atoms with Crippen molar-refractivity contribution < 1.29 is 0 Å². The maximum absolute atomic E-state index is 6.03. The molecule has 0 amide bonds. The van der Waals surface area contributed by atoms with Crippen LogP contribution in [0.5, 0.6) is 0 Å². The van der Waals surface area contributed by atoms with E-state index in [1.165, 1.54) is 64.6 Å². The molecule has 0 radical (unpaired) electrons. The first kappa shape index (κ1) is 16.0. The van der Waals surface area contributed by atoms with E-state index in [2.05, 4.69) is 25.7 Å². The van der Waals surface area contributed by atoms with Crippen LogP contribution in [0.25, 0.3) is 0 Å². The zero-order chi connectivity index (χ0) is 13.4. The van der Waals surface area contributed by atoms with Crippen LogP contribution < -0.4 is 5.73 Å². The van der Waals surface area contributed by atoms with Gasteiger partial charge < -0.3 is 10.6 Å². The van der Waals surface area contributed by atoms with Crippen LogP contribution in [0.3, 0.4) is 0 Å². The fraction of sp³-hybridized carbons (Fsp3) is 1.00. The molecule has 2 N–H and O–H groups in total. The van der Waals surface area contributed by atoms with Crippen LogP contribution >= 0.6 is 0 Å². The Morgan fingerprint density at radius 2 is 1.83 bits per heavy atom. The van der Waals surface area contributed by atoms with Crippen molar-refractivity contribution in [3.8, 4) is 0 Å². The molecule has 1 heterocycles. The van der Waals surface area contributed by atoms with Crippen molar-refractivity contribution in [2.45, 2.75) is 65.7 Å². The normalized spacial score (nSPS) is 23.0. The first-order valence-electron chi connectivity index (χ1n) is 8.12. The van der Waals surface area contributed by atoms with Crippen LogP contribution in [0, 0.1) is 11.3 Å². The van der Waals surface area contributed by atoms with Gasteiger partial charge >= 0.3 is 0 Å². The summed E-state index contributed by atoms with van der Waals surface area (Å²) >= 11 is 0. The maximum atomic E-state index is 6.03. The second kappa shape index (κ2) is 8.16. The second-order valence-corrected chi connectivity index (χ2v) is 6.27. The highest BCUT2D eigenvalue weighted by Gasteiger charge is 2.28. The molecular weight excluding hydrogens is 220 g/mol. The predicted octanol–water partition coefficient (Wildman–Crippen LogP) is 3.65. The zero-order valence-corrected chi connectivity index (χ0v) is 12.9. The van der Waals surface area contributed by atoms with E-state index in [1.54, 1.807) is 0 Å². The highest BCUT2D eigenvalue weighted by molar-refractivity contribution is 4.83. The molecule has 0 aliphatic carbocycles. The number of nitrogens with zero attached hydrogens (tertiary/aromatic N) is 1. The summed E-state index contributed by atoms with van der Waals surface area (Å²) in [5.74, 6) is 0.982. The molecule has 108 valence electrons. The predicted molar refractivity (Wildman–Crippen MR) is 80.8 cm³/mol. The van der Waals surface area contributed by atoms with Crippen molar-refractivity contribution >= 4 is 0 Å². The van der Waals surface area contributed by atoms with E-state index < -0.39 is 0 Å². The molecule has 1 fully saturated rings. The minimum absolute atomic E-state index is 0.366. The highest BCUT2D eigenvalue weighted by Crippen LogP contribution is 2.29. The average molecular weight is 254 g/mol. The van der Waals surface area contributed by atoms with E-state index >= 15 is 0 Å². The molecule has 2 heteroatoms. The van der Waals surface area contributed by atoms with Gasteiger partial charge in [0.05, 0.1) is 0 Å². The van der Waals surface area contributed by atoms with Gasteiger partial charge in [0.2, 0.25) is 0 Å². The molecule has 0 aromatic rings. The number of hydrogen-bond acceptors (Lipinski definition) is 2. The fourth-order valence-electron chi connectivity index (χ4n) is 3.38. The Kier molecular flexibility index (Phi) is 7.25. The van der Waals surface area contributed by atoms with Gasteiger partial charge in [-0.25, -0.2) is 0 Å². The Morgan fingerprint density at radius 3 is 2.39 bits per heavy atom. The Balaban J connectivity index is 2.47. The van der Waals surface area contributed by atoms with E-state index in [9.17, 15) is 0 Å².